The van der Waals surface area contributed by atoms with Crippen LogP contribution in [0.3, 0.4) is 0 Å². The number of hydrogen-bond donors (Lipinski definition) is 1. The molecule has 1 fully saturated rings. The Balaban J connectivity index is 1.47. The average Bonchev–Trinajstić information content (AvgIpc) is 3.42. The van der Waals surface area contributed by atoms with Crippen molar-refractivity contribution in [2.75, 3.05) is 36.4 Å². The highest BCUT2D eigenvalue weighted by molar-refractivity contribution is 9.10. The van der Waals surface area contributed by atoms with Gasteiger partial charge in [0.2, 0.25) is 16.4 Å². The van der Waals surface area contributed by atoms with E-state index in [1.54, 1.807) is 30.2 Å². The maximum atomic E-state index is 13.7. The minimum atomic E-state index is -9.87. The highest BCUT2D eigenvalue weighted by Gasteiger charge is 2.65. The van der Waals surface area contributed by atoms with E-state index in [0.717, 1.165) is 16.6 Å². The highest BCUT2D eigenvalue weighted by Crippen LogP contribution is 3.02. The van der Waals surface area contributed by atoms with Gasteiger partial charge in [-0.1, -0.05) is 26.4 Å². The van der Waals surface area contributed by atoms with Gasteiger partial charge in [0, 0.05) is 37.8 Å². The Kier molecular flexibility index (Phi) is 6.89. The number of ether oxygens (including phenoxy) is 1. The molecule has 1 N–H and O–H groups in total. The summed E-state index contributed by atoms with van der Waals surface area (Å²) < 4.78 is 73.8. The van der Waals surface area contributed by atoms with Crippen LogP contribution in [0.2, 0.25) is 0 Å². The zero-order valence-corrected chi connectivity index (χ0v) is 25.9. The number of anilines is 2. The van der Waals surface area contributed by atoms with Gasteiger partial charge in [0.25, 0.3) is 5.56 Å². The van der Waals surface area contributed by atoms with Gasteiger partial charge < -0.3 is 19.9 Å². The number of carbonyl (C=O) groups excluding carboxylic acids is 2. The summed E-state index contributed by atoms with van der Waals surface area (Å²) in [5, 5.41) is 6.64. The molecule has 0 spiro atoms. The summed E-state index contributed by atoms with van der Waals surface area (Å²) in [6.45, 7) is 8.27. The summed E-state index contributed by atoms with van der Waals surface area (Å²) in [7, 11) is -9.87. The quantitative estimate of drug-likeness (QED) is 0.330. The molecule has 3 aromatic rings. The van der Waals surface area contributed by atoms with Crippen molar-refractivity contribution >= 4 is 55.3 Å². The molecule has 0 aliphatic carbocycles. The lowest BCUT2D eigenvalue weighted by atomic mass is 10.0. The summed E-state index contributed by atoms with van der Waals surface area (Å²) >= 11 is 3.17. The molecule has 2 unspecified atom stereocenters. The van der Waals surface area contributed by atoms with Crippen LogP contribution in [0, 0.1) is 0 Å². The van der Waals surface area contributed by atoms with Gasteiger partial charge in [-0.05, 0) is 67.4 Å². The van der Waals surface area contributed by atoms with Crippen LogP contribution in [-0.2, 0) is 9.53 Å². The van der Waals surface area contributed by atoms with Gasteiger partial charge in [-0.2, -0.15) is 9.50 Å². The largest absolute Gasteiger partial charge is 0.444 e. The molecule has 0 saturated carbocycles. The van der Waals surface area contributed by atoms with E-state index in [-0.39, 0.29) is 59.4 Å². The van der Waals surface area contributed by atoms with Crippen molar-refractivity contribution in [3.05, 3.63) is 45.0 Å². The smallest absolute Gasteiger partial charge is 0.410 e. The van der Waals surface area contributed by atoms with Crippen LogP contribution in [-0.4, -0.2) is 67.8 Å². The molecule has 4 heterocycles. The molecule has 43 heavy (non-hydrogen) atoms. The van der Waals surface area contributed by atoms with Crippen molar-refractivity contribution in [1.29, 1.82) is 0 Å². The predicted molar refractivity (Wildman–Crippen MR) is 154 cm³/mol. The van der Waals surface area contributed by atoms with Crippen LogP contribution in [0.1, 0.15) is 51.8 Å². The molecular weight excluding hydrogens is 669 g/mol. The molecule has 2 aliphatic rings. The van der Waals surface area contributed by atoms with Gasteiger partial charge in [0.05, 0.1) is 5.69 Å². The van der Waals surface area contributed by atoms with Gasteiger partial charge in [0.1, 0.15) is 22.2 Å². The number of fused-ring (bicyclic) bond motifs is 3. The molecule has 2 atom stereocenters. The second-order valence-corrected chi connectivity index (χ2v) is 14.7. The number of carbonyl (C=O) groups is 2. The molecule has 2 aliphatic heterocycles. The number of aromatic nitrogens is 4. The van der Waals surface area contributed by atoms with Crippen molar-refractivity contribution in [2.24, 2.45) is 0 Å². The second kappa shape index (κ2) is 9.54. The van der Waals surface area contributed by atoms with Crippen LogP contribution < -0.4 is 15.8 Å². The van der Waals surface area contributed by atoms with E-state index in [1.165, 1.54) is 0 Å². The molecular formula is C25H29BrF5N7O4S. The number of hydrogen-bond acceptors (Lipinski definition) is 7. The number of nitrogens with one attached hydrogen (secondary N) is 1. The SMILES string of the molecule is CC1CC(C(=O)Nc2ccc(S(F)(F)(F)(F)F)cc2)n2c1c(N1CCN(C(=O)OC(C)(C)C)CC1)c(=O)n1nc(Br)nc21. The van der Waals surface area contributed by atoms with Crippen LogP contribution in [0.5, 0.6) is 0 Å². The van der Waals surface area contributed by atoms with Crippen molar-refractivity contribution in [3.8, 4) is 0 Å². The number of piperazine rings is 1. The van der Waals surface area contributed by atoms with Gasteiger partial charge in [-0.15, -0.1) is 5.10 Å². The lowest BCUT2D eigenvalue weighted by Crippen LogP contribution is -2.51. The third-order valence-corrected chi connectivity index (χ3v) is 8.65. The Morgan fingerprint density at radius 3 is 2.21 bits per heavy atom. The monoisotopic (exact) mass is 697 g/mol. The highest BCUT2D eigenvalue weighted by atomic mass is 79.9. The van der Waals surface area contributed by atoms with Gasteiger partial charge in [-0.3, -0.25) is 14.2 Å². The fourth-order valence-electron chi connectivity index (χ4n) is 5.32. The van der Waals surface area contributed by atoms with Crippen molar-refractivity contribution in [1.82, 2.24) is 24.1 Å². The normalized spacial score (nSPS) is 20.9. The molecule has 5 rings (SSSR count). The Morgan fingerprint density at radius 1 is 1.05 bits per heavy atom. The minimum absolute atomic E-state index is 0.0729. The molecule has 236 valence electrons. The first-order valence-electron chi connectivity index (χ1n) is 13.2. The van der Waals surface area contributed by atoms with Crippen LogP contribution in [0.25, 0.3) is 5.78 Å². The Hall–Kier alpha value is -3.41. The van der Waals surface area contributed by atoms with Crippen molar-refractivity contribution < 1.29 is 33.8 Å². The number of amides is 2. The Labute approximate surface area is 250 Å². The molecule has 11 nitrogen and oxygen atoms in total. The fraction of sp³-hybridized carbons (Fsp3) is 0.480. The molecule has 0 bridgehead atoms. The summed E-state index contributed by atoms with van der Waals surface area (Å²) in [5.74, 6) is -0.904. The van der Waals surface area contributed by atoms with E-state index < -0.39 is 44.3 Å². The summed E-state index contributed by atoms with van der Waals surface area (Å²) in [4.78, 5) is 45.3. The minimum Gasteiger partial charge on any atom is -0.444 e. The second-order valence-electron chi connectivity index (χ2n) is 11.6. The first-order valence-corrected chi connectivity index (χ1v) is 16.0. The Bertz CT molecular complexity index is 1680. The van der Waals surface area contributed by atoms with Crippen molar-refractivity contribution in [3.63, 3.8) is 0 Å². The maximum absolute atomic E-state index is 13.7. The molecule has 1 saturated heterocycles. The summed E-state index contributed by atoms with van der Waals surface area (Å²) in [6, 6.07) is 1.01. The van der Waals surface area contributed by atoms with Crippen molar-refractivity contribution in [2.45, 2.75) is 56.6 Å². The lowest BCUT2D eigenvalue weighted by Gasteiger charge is -2.40. The van der Waals surface area contributed by atoms with Gasteiger partial charge >= 0.3 is 16.3 Å². The standard InChI is InChI=1S/C25H29BrF5N7O4S/c1-14-13-17(20(39)32-15-5-7-16(8-6-15)43(27,28,29,30)31)37-18(14)19(21(40)38-23(37)33-22(26)34-38)35-9-11-36(12-10-35)24(41)42-25(2,3)4/h5-8,14,17H,9-13H2,1-4H3,(H,32,39). The molecule has 18 heteroatoms. The third kappa shape index (κ3) is 6.16. The molecule has 1 aromatic carbocycles. The number of nitrogens with zero attached hydrogens (tertiary/aromatic N) is 6. The topological polar surface area (TPSA) is 114 Å². The van der Waals surface area contributed by atoms with E-state index >= 15 is 0 Å². The fourth-order valence-corrected chi connectivity index (χ4v) is 6.28. The zero-order chi connectivity index (χ0) is 31.8. The van der Waals surface area contributed by atoms with E-state index in [0.29, 0.717) is 18.8 Å². The summed E-state index contributed by atoms with van der Waals surface area (Å²) in [6.07, 6.45) is -0.257. The van der Waals surface area contributed by atoms with E-state index in [1.807, 2.05) is 11.8 Å². The van der Waals surface area contributed by atoms with E-state index in [2.05, 4.69) is 31.3 Å². The van der Waals surface area contributed by atoms with Gasteiger partial charge in [-0.25, -0.2) is 4.79 Å². The predicted octanol–water partition coefficient (Wildman–Crippen LogP) is 6.06. The lowest BCUT2D eigenvalue weighted by molar-refractivity contribution is -0.119. The first kappa shape index (κ1) is 31.0. The van der Waals surface area contributed by atoms with Crippen LogP contribution in [0.15, 0.2) is 38.7 Å². The molecule has 2 amide bonds. The Morgan fingerprint density at radius 2 is 1.65 bits per heavy atom. The molecule has 0 radical (unpaired) electrons. The van der Waals surface area contributed by atoms with E-state index in [9.17, 15) is 33.8 Å². The van der Waals surface area contributed by atoms with Gasteiger partial charge in [0.15, 0.2) is 0 Å². The number of benzene rings is 1. The molecule has 2 aromatic heterocycles. The number of halogens is 6. The maximum Gasteiger partial charge on any atom is 0.410 e. The zero-order valence-electron chi connectivity index (χ0n) is 23.5. The summed E-state index contributed by atoms with van der Waals surface area (Å²) in [5.41, 5.74) is -0.451. The van der Waals surface area contributed by atoms with E-state index in [4.69, 9.17) is 4.74 Å². The van der Waals surface area contributed by atoms with Crippen LogP contribution >= 0.6 is 26.2 Å². The first-order chi connectivity index (χ1) is 19.6. The number of rotatable bonds is 4. The average molecular weight is 699 g/mol. The van der Waals surface area contributed by atoms with Crippen LogP contribution in [0.4, 0.5) is 35.6 Å². The third-order valence-electron chi connectivity index (χ3n) is 7.15.